The van der Waals surface area contributed by atoms with Crippen LogP contribution >= 0.6 is 0 Å². The zero-order chi connectivity index (χ0) is 13.1. The topological polar surface area (TPSA) is 55.6 Å². The number of hydrogen-bond donors (Lipinski definition) is 1. The lowest BCUT2D eigenvalue weighted by Crippen LogP contribution is -2.13. The maximum Gasteiger partial charge on any atom is 0.156 e. The summed E-state index contributed by atoms with van der Waals surface area (Å²) >= 11 is 0. The van der Waals surface area contributed by atoms with Crippen molar-refractivity contribution in [1.82, 2.24) is 25.1 Å². The van der Waals surface area contributed by atoms with Crippen LogP contribution in [0.1, 0.15) is 29.8 Å². The van der Waals surface area contributed by atoms with Crippen molar-refractivity contribution in [3.05, 3.63) is 35.0 Å². The molecule has 0 radical (unpaired) electrons. The first-order valence-corrected chi connectivity index (χ1v) is 6.19. The summed E-state index contributed by atoms with van der Waals surface area (Å²) in [4.78, 5) is 8.82. The van der Waals surface area contributed by atoms with E-state index < -0.39 is 0 Å². The smallest absolute Gasteiger partial charge is 0.156 e. The normalized spacial score (nSPS) is 10.9. The average molecular weight is 245 g/mol. The first-order valence-electron chi connectivity index (χ1n) is 6.19. The predicted molar refractivity (Wildman–Crippen MR) is 70.7 cm³/mol. The molecule has 0 bridgehead atoms. The fourth-order valence-electron chi connectivity index (χ4n) is 1.94. The van der Waals surface area contributed by atoms with E-state index in [1.165, 1.54) is 5.56 Å². The van der Waals surface area contributed by atoms with Gasteiger partial charge in [-0.2, -0.15) is 4.68 Å². The van der Waals surface area contributed by atoms with Crippen LogP contribution in [0.3, 0.4) is 0 Å². The molecule has 18 heavy (non-hydrogen) atoms. The van der Waals surface area contributed by atoms with Gasteiger partial charge in [0.1, 0.15) is 11.6 Å². The SMILES string of the molecule is CCNCc1cc(C)nc(-n2nc(C)nc2C)c1. The van der Waals surface area contributed by atoms with Crippen LogP contribution in [-0.4, -0.2) is 26.3 Å². The highest BCUT2D eigenvalue weighted by atomic mass is 15.4. The molecule has 0 aliphatic carbocycles. The van der Waals surface area contributed by atoms with Crippen molar-refractivity contribution in [1.29, 1.82) is 0 Å². The molecule has 0 spiro atoms. The van der Waals surface area contributed by atoms with Gasteiger partial charge in [0.05, 0.1) is 0 Å². The predicted octanol–water partition coefficient (Wildman–Crippen LogP) is 1.70. The van der Waals surface area contributed by atoms with E-state index in [1.807, 2.05) is 20.8 Å². The highest BCUT2D eigenvalue weighted by Gasteiger charge is 2.08. The second kappa shape index (κ2) is 5.27. The van der Waals surface area contributed by atoms with E-state index in [-0.39, 0.29) is 0 Å². The molecule has 0 unspecified atom stereocenters. The van der Waals surface area contributed by atoms with Crippen LogP contribution in [-0.2, 0) is 6.54 Å². The Morgan fingerprint density at radius 2 is 1.94 bits per heavy atom. The molecule has 0 saturated heterocycles. The van der Waals surface area contributed by atoms with Crippen molar-refractivity contribution in [2.45, 2.75) is 34.2 Å². The van der Waals surface area contributed by atoms with Crippen LogP contribution in [0.5, 0.6) is 0 Å². The molecule has 0 fully saturated rings. The third kappa shape index (κ3) is 2.73. The lowest BCUT2D eigenvalue weighted by atomic mass is 10.2. The molecule has 2 heterocycles. The van der Waals surface area contributed by atoms with Crippen LogP contribution < -0.4 is 5.32 Å². The number of nitrogens with one attached hydrogen (secondary N) is 1. The van der Waals surface area contributed by atoms with Gasteiger partial charge in [0.25, 0.3) is 0 Å². The van der Waals surface area contributed by atoms with E-state index >= 15 is 0 Å². The minimum atomic E-state index is 0.768. The lowest BCUT2D eigenvalue weighted by molar-refractivity contribution is 0.720. The molecule has 0 atom stereocenters. The standard InChI is InChI=1S/C13H19N5/c1-5-14-8-12-6-9(2)15-13(7-12)18-11(4)16-10(3)17-18/h6-7,14H,5,8H2,1-4H3. The number of aryl methyl sites for hydroxylation is 3. The average Bonchev–Trinajstić information content (AvgIpc) is 2.65. The Kier molecular flexibility index (Phi) is 3.72. The minimum absolute atomic E-state index is 0.768. The molecule has 0 aromatic carbocycles. The van der Waals surface area contributed by atoms with Gasteiger partial charge >= 0.3 is 0 Å². The molecule has 0 aliphatic rings. The monoisotopic (exact) mass is 245 g/mol. The summed E-state index contributed by atoms with van der Waals surface area (Å²) in [6, 6.07) is 4.14. The zero-order valence-electron chi connectivity index (χ0n) is 11.4. The van der Waals surface area contributed by atoms with Gasteiger partial charge in [-0.1, -0.05) is 6.92 Å². The molecule has 5 heteroatoms. The molecular formula is C13H19N5. The Morgan fingerprint density at radius 1 is 1.17 bits per heavy atom. The van der Waals surface area contributed by atoms with Crippen molar-refractivity contribution in [3.8, 4) is 5.82 Å². The summed E-state index contributed by atoms with van der Waals surface area (Å²) in [5.41, 5.74) is 2.21. The van der Waals surface area contributed by atoms with Gasteiger partial charge in [-0.15, -0.1) is 5.10 Å². The molecule has 0 amide bonds. The van der Waals surface area contributed by atoms with Gasteiger partial charge in [0.2, 0.25) is 0 Å². The Balaban J connectivity index is 2.38. The van der Waals surface area contributed by atoms with Crippen molar-refractivity contribution >= 4 is 0 Å². The Morgan fingerprint density at radius 3 is 2.56 bits per heavy atom. The van der Waals surface area contributed by atoms with Crippen molar-refractivity contribution in [2.24, 2.45) is 0 Å². The van der Waals surface area contributed by atoms with Crippen LogP contribution in [0, 0.1) is 20.8 Å². The summed E-state index contributed by atoms with van der Waals surface area (Å²) in [5, 5.41) is 7.68. The lowest BCUT2D eigenvalue weighted by Gasteiger charge is -2.08. The summed E-state index contributed by atoms with van der Waals surface area (Å²) in [6.45, 7) is 9.72. The van der Waals surface area contributed by atoms with Gasteiger partial charge in [-0.05, 0) is 45.0 Å². The third-order valence-electron chi connectivity index (χ3n) is 2.67. The maximum absolute atomic E-state index is 4.52. The summed E-state index contributed by atoms with van der Waals surface area (Å²) in [5.74, 6) is 2.46. The van der Waals surface area contributed by atoms with Crippen molar-refractivity contribution in [2.75, 3.05) is 6.54 Å². The maximum atomic E-state index is 4.52. The summed E-state index contributed by atoms with van der Waals surface area (Å²) in [7, 11) is 0. The summed E-state index contributed by atoms with van der Waals surface area (Å²) in [6.07, 6.45) is 0. The van der Waals surface area contributed by atoms with E-state index in [1.54, 1.807) is 4.68 Å². The van der Waals surface area contributed by atoms with Crippen molar-refractivity contribution < 1.29 is 0 Å². The van der Waals surface area contributed by atoms with Gasteiger partial charge in [0, 0.05) is 12.2 Å². The van der Waals surface area contributed by atoms with Gasteiger partial charge in [-0.25, -0.2) is 9.97 Å². The molecule has 5 nitrogen and oxygen atoms in total. The first-order chi connectivity index (χ1) is 8.60. The van der Waals surface area contributed by atoms with E-state index in [9.17, 15) is 0 Å². The number of rotatable bonds is 4. The van der Waals surface area contributed by atoms with Crippen molar-refractivity contribution in [3.63, 3.8) is 0 Å². The minimum Gasteiger partial charge on any atom is -0.313 e. The molecule has 2 rings (SSSR count). The molecule has 96 valence electrons. The van der Waals surface area contributed by atoms with Crippen LogP contribution in [0.15, 0.2) is 12.1 Å². The molecular weight excluding hydrogens is 226 g/mol. The fraction of sp³-hybridized carbons (Fsp3) is 0.462. The van der Waals surface area contributed by atoms with E-state index in [4.69, 9.17) is 0 Å². The van der Waals surface area contributed by atoms with Crippen LogP contribution in [0.2, 0.25) is 0 Å². The zero-order valence-corrected chi connectivity index (χ0v) is 11.4. The fourth-order valence-corrected chi connectivity index (χ4v) is 1.94. The number of nitrogens with zero attached hydrogens (tertiary/aromatic N) is 4. The molecule has 0 saturated carbocycles. The molecule has 2 aromatic rings. The van der Waals surface area contributed by atoms with Gasteiger partial charge in [-0.3, -0.25) is 0 Å². The molecule has 2 aromatic heterocycles. The highest BCUT2D eigenvalue weighted by Crippen LogP contribution is 2.11. The Hall–Kier alpha value is -1.75. The highest BCUT2D eigenvalue weighted by molar-refractivity contribution is 5.30. The van der Waals surface area contributed by atoms with Crippen LogP contribution in [0.4, 0.5) is 0 Å². The Labute approximate surface area is 107 Å². The number of pyridine rings is 1. The molecule has 1 N–H and O–H groups in total. The summed E-state index contributed by atoms with van der Waals surface area (Å²) < 4.78 is 1.79. The largest absolute Gasteiger partial charge is 0.313 e. The van der Waals surface area contributed by atoms with Crippen LogP contribution in [0.25, 0.3) is 5.82 Å². The number of aromatic nitrogens is 4. The second-order valence-electron chi connectivity index (χ2n) is 4.37. The second-order valence-corrected chi connectivity index (χ2v) is 4.37. The van der Waals surface area contributed by atoms with Gasteiger partial charge in [0.15, 0.2) is 5.82 Å². The Bertz CT molecular complexity index is 544. The quantitative estimate of drug-likeness (QED) is 0.890. The van der Waals surface area contributed by atoms with E-state index in [2.05, 4.69) is 39.4 Å². The van der Waals surface area contributed by atoms with E-state index in [0.29, 0.717) is 0 Å². The van der Waals surface area contributed by atoms with Gasteiger partial charge < -0.3 is 5.32 Å². The molecule has 0 aliphatic heterocycles. The first kappa shape index (κ1) is 12.7. The van der Waals surface area contributed by atoms with E-state index in [0.717, 1.165) is 36.3 Å². The third-order valence-corrected chi connectivity index (χ3v) is 2.67. The number of hydrogen-bond acceptors (Lipinski definition) is 4.